The van der Waals surface area contributed by atoms with Crippen molar-refractivity contribution >= 4 is 15.7 Å². The minimum atomic E-state index is -3.22. The minimum absolute atomic E-state index is 0.0897. The molecule has 1 aromatic heterocycles. The van der Waals surface area contributed by atoms with Gasteiger partial charge in [0.25, 0.3) is 0 Å². The van der Waals surface area contributed by atoms with Gasteiger partial charge in [-0.2, -0.15) is 0 Å². The van der Waals surface area contributed by atoms with Crippen LogP contribution in [0.4, 0.5) is 5.88 Å². The van der Waals surface area contributed by atoms with E-state index in [4.69, 9.17) is 15.0 Å². The van der Waals surface area contributed by atoms with Gasteiger partial charge < -0.3 is 15.0 Å². The lowest BCUT2D eigenvalue weighted by Gasteiger charge is -2.04. The van der Waals surface area contributed by atoms with Crippen molar-refractivity contribution in [3.63, 3.8) is 0 Å². The summed E-state index contributed by atoms with van der Waals surface area (Å²) in [4.78, 5) is 0. The van der Waals surface area contributed by atoms with Crippen LogP contribution in [0, 0.1) is 0 Å². The normalized spacial score (nSPS) is 11.5. The van der Waals surface area contributed by atoms with Crippen molar-refractivity contribution in [2.45, 2.75) is 5.75 Å². The Labute approximate surface area is 111 Å². The summed E-state index contributed by atoms with van der Waals surface area (Å²) >= 11 is 0. The van der Waals surface area contributed by atoms with Crippen molar-refractivity contribution in [3.8, 4) is 16.9 Å². The third-order valence-corrected chi connectivity index (χ3v) is 3.34. The zero-order chi connectivity index (χ0) is 14.0. The molecule has 0 radical (unpaired) electrons. The van der Waals surface area contributed by atoms with E-state index in [-0.39, 0.29) is 11.6 Å². The van der Waals surface area contributed by atoms with E-state index in [0.29, 0.717) is 22.6 Å². The standard InChI is InChI=1S/C12H14N2O4S/c1-17-9-5-3-4-8(6-9)11-10(7-19(2,15)16)14-18-12(11)13/h3-6H,7,13H2,1-2H3. The Morgan fingerprint density at radius 1 is 1.42 bits per heavy atom. The average Bonchev–Trinajstić information content (AvgIpc) is 2.68. The molecule has 0 aliphatic rings. The summed E-state index contributed by atoms with van der Waals surface area (Å²) < 4.78 is 32.8. The molecule has 0 fully saturated rings. The number of methoxy groups -OCH3 is 1. The quantitative estimate of drug-likeness (QED) is 0.912. The highest BCUT2D eigenvalue weighted by atomic mass is 32.2. The Morgan fingerprint density at radius 3 is 2.79 bits per heavy atom. The van der Waals surface area contributed by atoms with Crippen molar-refractivity contribution in [1.29, 1.82) is 0 Å². The number of nitrogen functional groups attached to an aromatic ring is 1. The van der Waals surface area contributed by atoms with Gasteiger partial charge in [-0.3, -0.25) is 0 Å². The Morgan fingerprint density at radius 2 is 2.16 bits per heavy atom. The summed E-state index contributed by atoms with van der Waals surface area (Å²) in [7, 11) is -1.67. The first-order valence-electron chi connectivity index (χ1n) is 5.47. The number of anilines is 1. The van der Waals surface area contributed by atoms with Crippen LogP contribution in [0.1, 0.15) is 5.69 Å². The monoisotopic (exact) mass is 282 g/mol. The maximum absolute atomic E-state index is 11.4. The van der Waals surface area contributed by atoms with Crippen molar-refractivity contribution in [1.82, 2.24) is 5.16 Å². The molecular weight excluding hydrogens is 268 g/mol. The van der Waals surface area contributed by atoms with Crippen molar-refractivity contribution in [3.05, 3.63) is 30.0 Å². The molecular formula is C12H14N2O4S. The maximum Gasteiger partial charge on any atom is 0.230 e. The third-order valence-electron chi connectivity index (χ3n) is 2.55. The second-order valence-corrected chi connectivity index (χ2v) is 6.31. The van der Waals surface area contributed by atoms with Crippen LogP contribution in [0.5, 0.6) is 5.75 Å². The van der Waals surface area contributed by atoms with Gasteiger partial charge in [0, 0.05) is 6.26 Å². The SMILES string of the molecule is COc1cccc(-c2c(CS(C)(=O)=O)noc2N)c1. The molecule has 0 aliphatic carbocycles. The predicted molar refractivity (Wildman–Crippen MR) is 71.5 cm³/mol. The number of hydrogen-bond donors (Lipinski definition) is 1. The van der Waals surface area contributed by atoms with Crippen LogP contribution < -0.4 is 10.5 Å². The summed E-state index contributed by atoms with van der Waals surface area (Å²) in [6.45, 7) is 0. The summed E-state index contributed by atoms with van der Waals surface area (Å²) in [5.74, 6) is 0.510. The number of nitrogens with zero attached hydrogens (tertiary/aromatic N) is 1. The van der Waals surface area contributed by atoms with E-state index in [1.807, 2.05) is 0 Å². The summed E-state index contributed by atoms with van der Waals surface area (Å²) in [6, 6.07) is 7.10. The van der Waals surface area contributed by atoms with Gasteiger partial charge in [-0.25, -0.2) is 8.42 Å². The smallest absolute Gasteiger partial charge is 0.230 e. The van der Waals surface area contributed by atoms with E-state index in [9.17, 15) is 8.42 Å². The molecule has 0 amide bonds. The molecule has 0 saturated carbocycles. The molecule has 0 aliphatic heterocycles. The van der Waals surface area contributed by atoms with Gasteiger partial charge in [0.15, 0.2) is 9.84 Å². The van der Waals surface area contributed by atoms with Crippen LogP contribution in [0.2, 0.25) is 0 Å². The number of benzene rings is 1. The Kier molecular flexibility index (Phi) is 3.48. The first-order chi connectivity index (χ1) is 8.90. The Bertz CT molecular complexity index is 692. The minimum Gasteiger partial charge on any atom is -0.497 e. The lowest BCUT2D eigenvalue weighted by Crippen LogP contribution is -2.02. The molecule has 19 heavy (non-hydrogen) atoms. The molecule has 0 bridgehead atoms. The molecule has 0 unspecified atom stereocenters. The van der Waals surface area contributed by atoms with Crippen LogP contribution in [-0.4, -0.2) is 26.9 Å². The highest BCUT2D eigenvalue weighted by Gasteiger charge is 2.19. The van der Waals surface area contributed by atoms with Crippen molar-refractivity contribution < 1.29 is 17.7 Å². The van der Waals surface area contributed by atoms with Gasteiger partial charge >= 0.3 is 0 Å². The second-order valence-electron chi connectivity index (χ2n) is 4.17. The molecule has 6 nitrogen and oxygen atoms in total. The third kappa shape index (κ3) is 3.05. The van der Waals surface area contributed by atoms with E-state index in [2.05, 4.69) is 5.16 Å². The van der Waals surface area contributed by atoms with Gasteiger partial charge in [0.2, 0.25) is 5.88 Å². The van der Waals surface area contributed by atoms with E-state index in [1.54, 1.807) is 31.4 Å². The lowest BCUT2D eigenvalue weighted by molar-refractivity contribution is 0.415. The highest BCUT2D eigenvalue weighted by Crippen LogP contribution is 2.32. The Hall–Kier alpha value is -2.02. The molecule has 2 N–H and O–H groups in total. The van der Waals surface area contributed by atoms with Crippen molar-refractivity contribution in [2.24, 2.45) is 0 Å². The fourth-order valence-corrected chi connectivity index (χ4v) is 2.47. The first-order valence-corrected chi connectivity index (χ1v) is 7.53. The van der Waals surface area contributed by atoms with Gasteiger partial charge in [-0.15, -0.1) is 0 Å². The van der Waals surface area contributed by atoms with Crippen LogP contribution in [0.3, 0.4) is 0 Å². The number of hydrogen-bond acceptors (Lipinski definition) is 6. The molecule has 0 saturated heterocycles. The molecule has 102 valence electrons. The Balaban J connectivity index is 2.52. The molecule has 2 aromatic rings. The summed E-state index contributed by atoms with van der Waals surface area (Å²) in [5, 5.41) is 3.71. The van der Waals surface area contributed by atoms with E-state index in [0.717, 1.165) is 6.26 Å². The van der Waals surface area contributed by atoms with Crippen LogP contribution >= 0.6 is 0 Å². The van der Waals surface area contributed by atoms with Crippen LogP contribution in [-0.2, 0) is 15.6 Å². The van der Waals surface area contributed by atoms with Gasteiger partial charge in [0.05, 0.1) is 18.4 Å². The number of sulfone groups is 1. The average molecular weight is 282 g/mol. The molecule has 1 aromatic carbocycles. The van der Waals surface area contributed by atoms with E-state index in [1.165, 1.54) is 0 Å². The number of aromatic nitrogens is 1. The van der Waals surface area contributed by atoms with E-state index < -0.39 is 9.84 Å². The highest BCUT2D eigenvalue weighted by molar-refractivity contribution is 7.89. The molecule has 1 heterocycles. The summed E-state index contributed by atoms with van der Waals surface area (Å²) in [5.41, 5.74) is 7.21. The van der Waals surface area contributed by atoms with Crippen LogP contribution in [0.25, 0.3) is 11.1 Å². The fraction of sp³-hybridized carbons (Fsp3) is 0.250. The first kappa shape index (κ1) is 13.4. The van der Waals surface area contributed by atoms with E-state index >= 15 is 0 Å². The summed E-state index contributed by atoms with van der Waals surface area (Å²) in [6.07, 6.45) is 1.13. The number of ether oxygens (including phenoxy) is 1. The molecule has 0 spiro atoms. The number of rotatable bonds is 4. The second kappa shape index (κ2) is 4.93. The van der Waals surface area contributed by atoms with Gasteiger partial charge in [-0.05, 0) is 17.7 Å². The van der Waals surface area contributed by atoms with Crippen LogP contribution in [0.15, 0.2) is 28.8 Å². The van der Waals surface area contributed by atoms with Gasteiger partial charge in [0.1, 0.15) is 11.4 Å². The zero-order valence-electron chi connectivity index (χ0n) is 10.6. The molecule has 0 atom stereocenters. The maximum atomic E-state index is 11.4. The molecule has 7 heteroatoms. The van der Waals surface area contributed by atoms with Gasteiger partial charge in [-0.1, -0.05) is 17.3 Å². The topological polar surface area (TPSA) is 95.4 Å². The predicted octanol–water partition coefficient (Wildman–Crippen LogP) is 1.48. The zero-order valence-corrected chi connectivity index (χ0v) is 11.4. The molecule has 2 rings (SSSR count). The number of nitrogens with two attached hydrogens (primary N) is 1. The fourth-order valence-electron chi connectivity index (χ4n) is 1.77. The largest absolute Gasteiger partial charge is 0.497 e. The lowest BCUT2D eigenvalue weighted by atomic mass is 10.1. The van der Waals surface area contributed by atoms with Crippen molar-refractivity contribution in [2.75, 3.05) is 19.1 Å².